The van der Waals surface area contributed by atoms with Gasteiger partial charge in [0.2, 0.25) is 5.91 Å². The van der Waals surface area contributed by atoms with E-state index >= 15 is 0 Å². The first-order valence-electron chi connectivity index (χ1n) is 13.9. The fraction of sp³-hybridized carbons (Fsp3) is 0.448. The van der Waals surface area contributed by atoms with E-state index in [9.17, 15) is 19.2 Å². The van der Waals surface area contributed by atoms with Gasteiger partial charge in [0.15, 0.2) is 11.4 Å². The maximum absolute atomic E-state index is 13.4. The van der Waals surface area contributed by atoms with Crippen LogP contribution >= 0.6 is 0 Å². The molecule has 0 atom stereocenters. The van der Waals surface area contributed by atoms with Crippen LogP contribution in [0.4, 0.5) is 5.69 Å². The predicted molar refractivity (Wildman–Crippen MR) is 150 cm³/mol. The molecule has 6 rings (SSSR count). The second-order valence-corrected chi connectivity index (χ2v) is 11.0. The van der Waals surface area contributed by atoms with Crippen LogP contribution in [0.5, 0.6) is 5.75 Å². The van der Waals surface area contributed by atoms with Crippen LogP contribution < -0.4 is 26.0 Å². The van der Waals surface area contributed by atoms with Gasteiger partial charge in [0.25, 0.3) is 18.3 Å². The van der Waals surface area contributed by atoms with Crippen molar-refractivity contribution in [1.82, 2.24) is 30.5 Å². The predicted octanol–water partition coefficient (Wildman–Crippen LogP) is 2.44. The van der Waals surface area contributed by atoms with Gasteiger partial charge in [-0.1, -0.05) is 12.5 Å². The number of amides is 3. The molecule has 41 heavy (non-hydrogen) atoms. The van der Waals surface area contributed by atoms with Crippen molar-refractivity contribution in [2.24, 2.45) is 10.8 Å². The molecule has 0 spiro atoms. The second-order valence-electron chi connectivity index (χ2n) is 11.0. The number of carbonyl (C=O) groups is 4. The van der Waals surface area contributed by atoms with Crippen molar-refractivity contribution in [3.63, 3.8) is 0 Å². The topological polar surface area (TPSA) is 156 Å². The van der Waals surface area contributed by atoms with Crippen LogP contribution in [0.1, 0.15) is 71.5 Å². The van der Waals surface area contributed by atoms with E-state index in [0.717, 1.165) is 50.5 Å². The third-order valence-corrected chi connectivity index (χ3v) is 8.73. The number of fused-ring (bicyclic) bond motifs is 5. The minimum absolute atomic E-state index is 0.0430. The van der Waals surface area contributed by atoms with Crippen molar-refractivity contribution in [1.29, 1.82) is 0 Å². The highest BCUT2D eigenvalue weighted by molar-refractivity contribution is 5.98. The molecule has 2 aromatic heterocycles. The summed E-state index contributed by atoms with van der Waals surface area (Å²) in [6.07, 6.45) is 7.76. The number of nitrogens with one attached hydrogen (secondary N) is 4. The summed E-state index contributed by atoms with van der Waals surface area (Å²) in [6.45, 7) is 1.05. The summed E-state index contributed by atoms with van der Waals surface area (Å²) < 4.78 is 6.37. The molecule has 0 aliphatic heterocycles. The molecule has 3 saturated carbocycles. The van der Waals surface area contributed by atoms with Gasteiger partial charge in [0.05, 0.1) is 11.9 Å². The SMILES string of the molecule is CNC(=O)C12CCCC(CNC(=O)c3cc(C(=O)NCc4ccc(OC=O)c(NC)c4)nc4ccnn34)(CC1)CC2. The zero-order valence-corrected chi connectivity index (χ0v) is 23.3. The third kappa shape index (κ3) is 5.59. The van der Waals surface area contributed by atoms with Crippen LogP contribution in [0.25, 0.3) is 5.65 Å². The Morgan fingerprint density at radius 1 is 1.00 bits per heavy atom. The quantitative estimate of drug-likeness (QED) is 0.275. The Hall–Kier alpha value is -4.48. The molecule has 216 valence electrons. The number of benzene rings is 1. The van der Waals surface area contributed by atoms with E-state index in [4.69, 9.17) is 4.74 Å². The summed E-state index contributed by atoms with van der Waals surface area (Å²) in [7, 11) is 3.40. The monoisotopic (exact) mass is 561 g/mol. The molecule has 2 heterocycles. The third-order valence-electron chi connectivity index (χ3n) is 8.73. The van der Waals surface area contributed by atoms with Crippen molar-refractivity contribution >= 4 is 35.5 Å². The highest BCUT2D eigenvalue weighted by Crippen LogP contribution is 2.54. The molecule has 0 unspecified atom stereocenters. The Morgan fingerprint density at radius 2 is 1.80 bits per heavy atom. The molecule has 3 aliphatic carbocycles. The van der Waals surface area contributed by atoms with Crippen molar-refractivity contribution in [3.05, 3.63) is 53.5 Å². The molecule has 4 N–H and O–H groups in total. The minimum atomic E-state index is -0.442. The average Bonchev–Trinajstić information content (AvgIpc) is 3.31. The number of aromatic nitrogens is 3. The number of hydrogen-bond acceptors (Lipinski definition) is 8. The highest BCUT2D eigenvalue weighted by atomic mass is 16.5. The number of anilines is 1. The first-order chi connectivity index (χ1) is 19.8. The molecule has 3 amide bonds. The van der Waals surface area contributed by atoms with Gasteiger partial charge in [0, 0.05) is 44.7 Å². The molecule has 3 aliphatic rings. The molecular weight excluding hydrogens is 526 g/mol. The Balaban J connectivity index is 1.28. The van der Waals surface area contributed by atoms with Crippen molar-refractivity contribution in [2.45, 2.75) is 51.5 Å². The molecule has 3 fully saturated rings. The van der Waals surface area contributed by atoms with Crippen LogP contribution in [0.2, 0.25) is 0 Å². The molecule has 1 aromatic carbocycles. The van der Waals surface area contributed by atoms with E-state index in [1.165, 1.54) is 16.8 Å². The van der Waals surface area contributed by atoms with Gasteiger partial charge >= 0.3 is 0 Å². The maximum Gasteiger partial charge on any atom is 0.298 e. The lowest BCUT2D eigenvalue weighted by molar-refractivity contribution is -0.133. The molecule has 0 saturated heterocycles. The molecule has 12 nitrogen and oxygen atoms in total. The zero-order chi connectivity index (χ0) is 29.0. The largest absolute Gasteiger partial charge is 0.427 e. The lowest BCUT2D eigenvalue weighted by Crippen LogP contribution is -2.45. The van der Waals surface area contributed by atoms with E-state index in [1.807, 2.05) is 0 Å². The van der Waals surface area contributed by atoms with Crippen LogP contribution in [-0.2, 0) is 16.1 Å². The summed E-state index contributed by atoms with van der Waals surface area (Å²) in [6, 6.07) is 8.24. The Labute approximate surface area is 237 Å². The number of rotatable bonds is 10. The molecular formula is C29H35N7O5. The lowest BCUT2D eigenvalue weighted by atomic mass is 9.64. The van der Waals surface area contributed by atoms with Crippen LogP contribution in [0.3, 0.4) is 0 Å². The van der Waals surface area contributed by atoms with Gasteiger partial charge < -0.3 is 26.0 Å². The van der Waals surface area contributed by atoms with E-state index in [0.29, 0.717) is 30.1 Å². The van der Waals surface area contributed by atoms with Gasteiger partial charge in [-0.3, -0.25) is 19.2 Å². The van der Waals surface area contributed by atoms with Crippen LogP contribution in [0, 0.1) is 10.8 Å². The Bertz CT molecular complexity index is 1480. The molecule has 0 radical (unpaired) electrons. The van der Waals surface area contributed by atoms with Crippen molar-refractivity contribution in [3.8, 4) is 5.75 Å². The number of carbonyl (C=O) groups excluding carboxylic acids is 4. The standard InChI is InChI=1S/C29H35N7O5/c1-30-20-14-19(4-5-23(20)41-18-37)16-32-25(38)21-15-22(36-24(35-21)6-13-34-36)26(39)33-17-28-7-3-8-29(11-9-28,12-10-28)27(40)31-2/h4-6,13-15,18,30H,3,7-12,16-17H2,1-2H3,(H,31,40)(H,32,38)(H,33,39). The highest BCUT2D eigenvalue weighted by Gasteiger charge is 2.49. The summed E-state index contributed by atoms with van der Waals surface area (Å²) in [4.78, 5) is 54.2. The maximum atomic E-state index is 13.4. The summed E-state index contributed by atoms with van der Waals surface area (Å²) in [5, 5.41) is 16.0. The normalized spacial score (nSPS) is 21.5. The van der Waals surface area contributed by atoms with E-state index in [-0.39, 0.29) is 40.6 Å². The number of ether oxygens (including phenoxy) is 1. The van der Waals surface area contributed by atoms with Crippen molar-refractivity contribution in [2.75, 3.05) is 26.0 Å². The Kier molecular flexibility index (Phi) is 7.91. The van der Waals surface area contributed by atoms with Crippen molar-refractivity contribution < 1.29 is 23.9 Å². The van der Waals surface area contributed by atoms with Gasteiger partial charge in [-0.25, -0.2) is 9.50 Å². The van der Waals surface area contributed by atoms with Crippen LogP contribution in [-0.4, -0.2) is 59.4 Å². The van der Waals surface area contributed by atoms with Gasteiger partial charge in [-0.05, 0) is 61.6 Å². The molecule has 12 heteroatoms. The first-order valence-corrected chi connectivity index (χ1v) is 13.9. The number of nitrogens with zero attached hydrogens (tertiary/aromatic N) is 3. The second kappa shape index (κ2) is 11.6. The fourth-order valence-electron chi connectivity index (χ4n) is 6.29. The lowest BCUT2D eigenvalue weighted by Gasteiger charge is -2.42. The minimum Gasteiger partial charge on any atom is -0.427 e. The first kappa shape index (κ1) is 28.1. The van der Waals surface area contributed by atoms with Crippen LogP contribution in [0.15, 0.2) is 36.5 Å². The van der Waals surface area contributed by atoms with Gasteiger partial charge in [-0.15, -0.1) is 0 Å². The fourth-order valence-corrected chi connectivity index (χ4v) is 6.29. The summed E-state index contributed by atoms with van der Waals surface area (Å²) in [5.74, 6) is -0.265. The average molecular weight is 562 g/mol. The van der Waals surface area contributed by atoms with E-state index < -0.39 is 5.91 Å². The van der Waals surface area contributed by atoms with Gasteiger partial charge in [-0.2, -0.15) is 5.10 Å². The Morgan fingerprint density at radius 3 is 2.54 bits per heavy atom. The molecule has 2 bridgehead atoms. The smallest absolute Gasteiger partial charge is 0.298 e. The van der Waals surface area contributed by atoms with Gasteiger partial charge in [0.1, 0.15) is 11.4 Å². The summed E-state index contributed by atoms with van der Waals surface area (Å²) in [5.41, 5.74) is 1.76. The summed E-state index contributed by atoms with van der Waals surface area (Å²) >= 11 is 0. The zero-order valence-electron chi connectivity index (χ0n) is 23.3. The van der Waals surface area contributed by atoms with E-state index in [1.54, 1.807) is 38.4 Å². The molecule has 3 aromatic rings. The number of hydrogen-bond donors (Lipinski definition) is 4. The van der Waals surface area contributed by atoms with E-state index in [2.05, 4.69) is 31.3 Å².